The molecule has 0 bridgehead atoms. The zero-order valence-electron chi connectivity index (χ0n) is 19.1. The van der Waals surface area contributed by atoms with Crippen LogP contribution in [0.2, 0.25) is 0 Å². The van der Waals surface area contributed by atoms with Gasteiger partial charge < -0.3 is 34.3 Å². The van der Waals surface area contributed by atoms with Gasteiger partial charge in [0.05, 0.1) is 6.61 Å². The second-order valence-corrected chi connectivity index (χ2v) is 7.77. The Morgan fingerprint density at radius 3 is 2.37 bits per heavy atom. The Morgan fingerprint density at radius 2 is 1.74 bits per heavy atom. The number of aliphatic hydroxyl groups is 1. The fraction of sp³-hybridized carbons (Fsp3) is 0.435. The van der Waals surface area contributed by atoms with E-state index in [-0.39, 0.29) is 39.1 Å². The number of amides is 2. The van der Waals surface area contributed by atoms with Gasteiger partial charge in [-0.2, -0.15) is 0 Å². The molecule has 12 heteroatoms. The molecule has 2 heterocycles. The third-order valence-electron chi connectivity index (χ3n) is 5.32. The molecule has 2 amide bonds. The number of carbonyl (C=O) groups excluding carboxylic acids is 5. The normalized spacial score (nSPS) is 16.7. The van der Waals surface area contributed by atoms with Crippen molar-refractivity contribution in [1.29, 1.82) is 0 Å². The molecule has 35 heavy (non-hydrogen) atoms. The van der Waals surface area contributed by atoms with Crippen LogP contribution >= 0.6 is 0 Å². The number of ether oxygens (including phenoxy) is 4. The lowest BCUT2D eigenvalue weighted by Gasteiger charge is -2.42. The second kappa shape index (κ2) is 11.4. The van der Waals surface area contributed by atoms with Crippen LogP contribution < -0.4 is 5.32 Å². The molecule has 188 valence electrons. The van der Waals surface area contributed by atoms with Gasteiger partial charge in [0.15, 0.2) is 0 Å². The van der Waals surface area contributed by atoms with Gasteiger partial charge in [-0.05, 0) is 12.5 Å². The van der Waals surface area contributed by atoms with Crippen molar-refractivity contribution in [3.05, 3.63) is 47.4 Å². The van der Waals surface area contributed by atoms with Crippen LogP contribution in [0.25, 0.3) is 0 Å². The molecule has 3 rings (SSSR count). The average molecular weight is 490 g/mol. The van der Waals surface area contributed by atoms with Gasteiger partial charge in [-0.25, -0.2) is 4.79 Å². The smallest absolute Gasteiger partial charge is 0.354 e. The summed E-state index contributed by atoms with van der Waals surface area (Å²) in [5.74, 6) is -6.53. The molecule has 2 aliphatic heterocycles. The molecular weight excluding hydrogens is 464 g/mol. The number of nitrogens with one attached hydrogen (secondary N) is 1. The van der Waals surface area contributed by atoms with Gasteiger partial charge in [-0.15, -0.1) is 0 Å². The minimum absolute atomic E-state index is 0.00529. The number of nitrogens with zero attached hydrogens (tertiary/aromatic N) is 1. The minimum atomic E-state index is -1.56. The largest absolute Gasteiger partial charge is 0.480 e. The third-order valence-corrected chi connectivity index (χ3v) is 5.32. The van der Waals surface area contributed by atoms with E-state index in [0.717, 1.165) is 5.56 Å². The maximum Gasteiger partial charge on any atom is 0.354 e. The lowest BCUT2D eigenvalue weighted by molar-refractivity contribution is -0.252. The van der Waals surface area contributed by atoms with Crippen LogP contribution in [0.3, 0.4) is 0 Å². The molecule has 12 nitrogen and oxygen atoms in total. The Morgan fingerprint density at radius 1 is 1.06 bits per heavy atom. The molecule has 2 N–H and O–H groups in total. The maximum atomic E-state index is 12.5. The van der Waals surface area contributed by atoms with Crippen LogP contribution in [0.4, 0.5) is 0 Å². The van der Waals surface area contributed by atoms with Crippen molar-refractivity contribution in [3.63, 3.8) is 0 Å². The number of benzene rings is 1. The summed E-state index contributed by atoms with van der Waals surface area (Å²) in [7, 11) is 0. The molecule has 1 saturated heterocycles. The first-order valence-electron chi connectivity index (χ1n) is 11.0. The van der Waals surface area contributed by atoms with Crippen LogP contribution in [-0.2, 0) is 49.5 Å². The van der Waals surface area contributed by atoms with Crippen molar-refractivity contribution in [1.82, 2.24) is 10.2 Å². The first-order valence-corrected chi connectivity index (χ1v) is 11.0. The lowest BCUT2D eigenvalue weighted by atomic mass is 10.0. The zero-order valence-corrected chi connectivity index (χ0v) is 19.1. The monoisotopic (exact) mass is 490 g/mol. The van der Waals surface area contributed by atoms with Crippen LogP contribution in [-0.4, -0.2) is 71.8 Å². The predicted molar refractivity (Wildman–Crippen MR) is 116 cm³/mol. The second-order valence-electron chi connectivity index (χ2n) is 7.77. The van der Waals surface area contributed by atoms with E-state index in [2.05, 4.69) is 10.1 Å². The fourth-order valence-electron chi connectivity index (χ4n) is 3.52. The highest BCUT2D eigenvalue weighted by Gasteiger charge is 2.48. The van der Waals surface area contributed by atoms with Gasteiger partial charge in [-0.3, -0.25) is 19.2 Å². The van der Waals surface area contributed by atoms with Gasteiger partial charge in [0.25, 0.3) is 11.7 Å². The van der Waals surface area contributed by atoms with E-state index in [1.807, 2.05) is 18.2 Å². The summed E-state index contributed by atoms with van der Waals surface area (Å²) >= 11 is 0. The van der Waals surface area contributed by atoms with Crippen LogP contribution in [0.5, 0.6) is 0 Å². The molecular formula is C23H26N2O10. The molecule has 2 aliphatic rings. The Bertz CT molecular complexity index is 1010. The highest BCUT2D eigenvalue weighted by Crippen LogP contribution is 2.35. The van der Waals surface area contributed by atoms with Crippen molar-refractivity contribution >= 4 is 29.7 Å². The number of rotatable bonds is 8. The van der Waals surface area contributed by atoms with Gasteiger partial charge in [0, 0.05) is 25.9 Å². The summed E-state index contributed by atoms with van der Waals surface area (Å²) in [6.45, 7) is 1.42. The van der Waals surface area contributed by atoms with Crippen LogP contribution in [0.1, 0.15) is 31.7 Å². The molecule has 1 aromatic rings. The molecule has 1 aromatic carbocycles. The van der Waals surface area contributed by atoms with E-state index >= 15 is 0 Å². The number of aliphatic hydroxyl groups excluding tert-OH is 1. The van der Waals surface area contributed by atoms with E-state index in [1.54, 1.807) is 19.1 Å². The van der Waals surface area contributed by atoms with Gasteiger partial charge in [0.1, 0.15) is 19.6 Å². The summed E-state index contributed by atoms with van der Waals surface area (Å²) in [6, 6.07) is 9.05. The number of likely N-dealkylation sites (tertiary alicyclic amines) is 1. The number of esters is 3. The summed E-state index contributed by atoms with van der Waals surface area (Å²) in [6.07, 6.45) is -0.437. The van der Waals surface area contributed by atoms with E-state index < -0.39 is 60.0 Å². The molecule has 1 spiro atoms. The van der Waals surface area contributed by atoms with Gasteiger partial charge >= 0.3 is 23.9 Å². The average Bonchev–Trinajstić information content (AvgIpc) is 2.82. The van der Waals surface area contributed by atoms with E-state index in [1.165, 1.54) is 4.90 Å². The first-order chi connectivity index (χ1) is 16.7. The quantitative estimate of drug-likeness (QED) is 0.227. The molecule has 0 unspecified atom stereocenters. The highest BCUT2D eigenvalue weighted by atomic mass is 16.8. The lowest BCUT2D eigenvalue weighted by Crippen LogP contribution is -2.53. The summed E-state index contributed by atoms with van der Waals surface area (Å²) in [5.41, 5.74) is 0.0193. The Labute approximate surface area is 200 Å². The Balaban J connectivity index is 1.49. The van der Waals surface area contributed by atoms with E-state index in [4.69, 9.17) is 14.2 Å². The first kappa shape index (κ1) is 25.5. The standard InChI is InChI=1S/C23H26N2O10/c1-2-32-18(28)13-24-20(29)19-21(30)34-23(35-22(19)31)8-10-25(11-9-23)16(26)12-17(27)33-14-15-6-4-3-5-7-15/h3-7,30H,2,8-14H2,1H3,(H,24,29). The van der Waals surface area contributed by atoms with E-state index in [9.17, 15) is 29.1 Å². The Hall–Kier alpha value is -4.09. The predicted octanol–water partition coefficient (Wildman–Crippen LogP) is 0.461. The molecule has 0 saturated carbocycles. The van der Waals surface area contributed by atoms with Crippen molar-refractivity contribution in [2.75, 3.05) is 26.2 Å². The number of hydrogen-bond acceptors (Lipinski definition) is 10. The van der Waals surface area contributed by atoms with Crippen molar-refractivity contribution in [2.45, 2.75) is 38.6 Å². The SMILES string of the molecule is CCOC(=O)CNC(=O)C1=C(O)OC2(CCN(C(=O)CC(=O)OCc3ccccc3)CC2)OC1=O. The molecule has 0 aliphatic carbocycles. The Kier molecular flexibility index (Phi) is 8.29. The van der Waals surface area contributed by atoms with Crippen molar-refractivity contribution in [3.8, 4) is 0 Å². The summed E-state index contributed by atoms with van der Waals surface area (Å²) in [4.78, 5) is 61.8. The fourth-order valence-corrected chi connectivity index (χ4v) is 3.52. The van der Waals surface area contributed by atoms with Crippen molar-refractivity contribution in [2.24, 2.45) is 0 Å². The zero-order chi connectivity index (χ0) is 25.4. The highest BCUT2D eigenvalue weighted by molar-refractivity contribution is 6.17. The van der Waals surface area contributed by atoms with Crippen molar-refractivity contribution < 1.29 is 48.0 Å². The molecule has 0 atom stereocenters. The maximum absolute atomic E-state index is 12.5. The summed E-state index contributed by atoms with van der Waals surface area (Å²) < 4.78 is 20.4. The topological polar surface area (TPSA) is 158 Å². The van der Waals surface area contributed by atoms with Gasteiger partial charge in [-0.1, -0.05) is 30.3 Å². The molecule has 0 radical (unpaired) electrons. The number of carbonyl (C=O) groups is 5. The third kappa shape index (κ3) is 6.71. The summed E-state index contributed by atoms with van der Waals surface area (Å²) in [5, 5.41) is 12.3. The van der Waals surface area contributed by atoms with Crippen LogP contribution in [0, 0.1) is 0 Å². The molecule has 0 aromatic heterocycles. The van der Waals surface area contributed by atoms with Gasteiger partial charge in [0.2, 0.25) is 11.5 Å². The molecule has 1 fully saturated rings. The van der Waals surface area contributed by atoms with E-state index in [0.29, 0.717) is 0 Å². The number of piperidine rings is 1. The minimum Gasteiger partial charge on any atom is -0.480 e. The number of hydrogen-bond donors (Lipinski definition) is 2. The van der Waals surface area contributed by atoms with Crippen LogP contribution in [0.15, 0.2) is 41.9 Å².